The van der Waals surface area contributed by atoms with Crippen LogP contribution in [0.3, 0.4) is 0 Å². The monoisotopic (exact) mass is 546 g/mol. The van der Waals surface area contributed by atoms with Crippen LogP contribution in [0.5, 0.6) is 0 Å². The van der Waals surface area contributed by atoms with E-state index in [2.05, 4.69) is 99.3 Å². The Morgan fingerprint density at radius 1 is 0.409 bits per heavy atom. The first-order valence-electron chi connectivity index (χ1n) is 8.64. The molecule has 0 aromatic heterocycles. The first-order valence-corrected chi connectivity index (χ1v) is 34.9. The number of hydrogen-bond donors (Lipinski definition) is 0. The van der Waals surface area contributed by atoms with Gasteiger partial charge >= 0.3 is 149 Å². The molecule has 0 aliphatic carbocycles. The predicted molar refractivity (Wildman–Crippen MR) is 115 cm³/mol. The Bertz CT molecular complexity index is 339. The minimum absolute atomic E-state index is 1.36. The molecule has 0 fully saturated rings. The fourth-order valence-electron chi connectivity index (χ4n) is 6.24. The molecule has 0 aromatic carbocycles. The summed E-state index contributed by atoms with van der Waals surface area (Å²) in [4.78, 5) is 0. The van der Waals surface area contributed by atoms with Gasteiger partial charge in [0.2, 0.25) is 0 Å². The Morgan fingerprint density at radius 2 is 0.545 bits per heavy atom. The van der Waals surface area contributed by atoms with E-state index < -0.39 is 49.3 Å². The molecule has 0 aliphatic rings. The molecule has 0 heterocycles. The van der Waals surface area contributed by atoms with Crippen molar-refractivity contribution in [3.8, 4) is 0 Å². The van der Waals surface area contributed by atoms with Gasteiger partial charge in [-0.3, -0.25) is 0 Å². The fourth-order valence-corrected chi connectivity index (χ4v) is 126. The molecular formula is C15H45N2Si4Ta. The van der Waals surface area contributed by atoms with Gasteiger partial charge in [-0.1, -0.05) is 0 Å². The summed E-state index contributed by atoms with van der Waals surface area (Å²) in [6.07, 6.45) is 0. The zero-order chi connectivity index (χ0) is 18.6. The molecule has 0 N–H and O–H groups in total. The van der Waals surface area contributed by atoms with E-state index in [0.29, 0.717) is 0 Å². The van der Waals surface area contributed by atoms with Crippen molar-refractivity contribution in [2.24, 2.45) is 0 Å². The van der Waals surface area contributed by atoms with Gasteiger partial charge in [-0.15, -0.1) is 0 Å². The van der Waals surface area contributed by atoms with E-state index in [1.807, 2.05) is 0 Å². The van der Waals surface area contributed by atoms with Gasteiger partial charge in [0, 0.05) is 0 Å². The van der Waals surface area contributed by atoms with Gasteiger partial charge < -0.3 is 0 Å². The molecule has 0 spiro atoms. The zero-order valence-corrected chi connectivity index (χ0v) is 25.6. The third kappa shape index (κ3) is 5.26. The van der Waals surface area contributed by atoms with Gasteiger partial charge in [-0.2, -0.15) is 0 Å². The van der Waals surface area contributed by atoms with Gasteiger partial charge in [0.15, 0.2) is 0 Å². The van der Waals surface area contributed by atoms with Crippen molar-refractivity contribution in [3.63, 3.8) is 0 Å². The van der Waals surface area contributed by atoms with Crippen LogP contribution in [0.4, 0.5) is 0 Å². The summed E-state index contributed by atoms with van der Waals surface area (Å²) < 4.78 is 6.48. The van der Waals surface area contributed by atoms with Crippen molar-refractivity contribution in [1.29, 1.82) is 0 Å². The molecule has 0 aliphatic heterocycles. The van der Waals surface area contributed by atoms with E-state index in [9.17, 15) is 0 Å². The summed E-state index contributed by atoms with van der Waals surface area (Å²) in [5.74, 6) is 0. The second kappa shape index (κ2) is 6.05. The SMILES string of the molecule is C[Si](C)(C)[N]([Si](C)(C)C)[Ta]([CH3])([CH3])([CH3])[N]([Si](C)(C)C)[Si](C)(C)C. The van der Waals surface area contributed by atoms with Crippen molar-refractivity contribution in [2.45, 2.75) is 94.0 Å². The van der Waals surface area contributed by atoms with Crippen LogP contribution in [0, 0.1) is 0 Å². The first-order chi connectivity index (χ1) is 9.01. The average molecular weight is 547 g/mol. The fraction of sp³-hybridized carbons (Fsp3) is 1.00. The summed E-state index contributed by atoms with van der Waals surface area (Å²) in [5.41, 5.74) is 0. The second-order valence-electron chi connectivity index (χ2n) is 11.9. The van der Waals surface area contributed by atoms with Gasteiger partial charge in [0.05, 0.1) is 0 Å². The molecule has 2 nitrogen and oxygen atoms in total. The van der Waals surface area contributed by atoms with E-state index >= 15 is 0 Å². The van der Waals surface area contributed by atoms with Crippen LogP contribution in [0.25, 0.3) is 0 Å². The van der Waals surface area contributed by atoms with Crippen molar-refractivity contribution in [3.05, 3.63) is 0 Å². The van der Waals surface area contributed by atoms with Crippen LogP contribution in [-0.2, 0) is 16.3 Å². The number of nitrogens with zero attached hydrogens (tertiary/aromatic N) is 2. The molecule has 0 amide bonds. The summed E-state index contributed by atoms with van der Waals surface area (Å²) in [6.45, 7) is 31.0. The Morgan fingerprint density at radius 3 is 0.636 bits per heavy atom. The quantitative estimate of drug-likeness (QED) is 0.347. The van der Waals surface area contributed by atoms with Crippen LogP contribution >= 0.6 is 0 Å². The average Bonchev–Trinajstić information content (AvgIpc) is 1.81. The van der Waals surface area contributed by atoms with Crippen molar-refractivity contribution in [2.75, 3.05) is 0 Å². The summed E-state index contributed by atoms with van der Waals surface area (Å²) >= 11 is -3.24. The molecular weight excluding hydrogens is 501 g/mol. The topological polar surface area (TPSA) is 6.48 Å². The molecule has 0 saturated carbocycles. The van der Waals surface area contributed by atoms with Crippen molar-refractivity contribution >= 4 is 32.9 Å². The standard InChI is InChI=1S/2C6H18NSi2.3CH3.Ta/c2*1-8(2,3)7-9(4,5)6;;;;/h2*1-6H3;3*1H3;/q2*-1;;;;+2. The molecule has 0 aromatic rings. The molecule has 0 atom stereocenters. The Labute approximate surface area is 148 Å². The van der Waals surface area contributed by atoms with Crippen LogP contribution < -0.4 is 0 Å². The normalized spacial score (nSPS) is 17.8. The first kappa shape index (κ1) is 23.5. The van der Waals surface area contributed by atoms with Crippen LogP contribution in [0.2, 0.25) is 94.0 Å². The zero-order valence-electron chi connectivity index (χ0n) is 18.3. The second-order valence-corrected chi connectivity index (χ2v) is 59.4. The van der Waals surface area contributed by atoms with Gasteiger partial charge in [-0.05, 0) is 0 Å². The van der Waals surface area contributed by atoms with Gasteiger partial charge in [-0.25, -0.2) is 0 Å². The van der Waals surface area contributed by atoms with Crippen LogP contribution in [-0.4, -0.2) is 38.2 Å². The van der Waals surface area contributed by atoms with Crippen molar-refractivity contribution < 1.29 is 16.3 Å². The van der Waals surface area contributed by atoms with Crippen LogP contribution in [0.1, 0.15) is 0 Å². The maximum atomic E-state index is 3.24. The van der Waals surface area contributed by atoms with E-state index in [4.69, 9.17) is 0 Å². The number of rotatable bonds is 6. The van der Waals surface area contributed by atoms with Gasteiger partial charge in [0.25, 0.3) is 0 Å². The molecule has 136 valence electrons. The van der Waals surface area contributed by atoms with Crippen LogP contribution in [0.15, 0.2) is 0 Å². The third-order valence-corrected chi connectivity index (χ3v) is 75.4. The van der Waals surface area contributed by atoms with E-state index in [1.165, 1.54) is 0 Å². The Hall–Kier alpha value is 1.53. The minimum atomic E-state index is -3.24. The number of hydrogen-bond acceptors (Lipinski definition) is 2. The summed E-state index contributed by atoms with van der Waals surface area (Å²) in [6, 6.07) is 0. The van der Waals surface area contributed by atoms with E-state index in [-0.39, 0.29) is 0 Å². The molecule has 0 unspecified atom stereocenters. The Kier molecular flexibility index (Phi) is 6.47. The van der Waals surface area contributed by atoms with Crippen molar-refractivity contribution in [1.82, 2.24) is 5.27 Å². The third-order valence-electron chi connectivity index (χ3n) is 3.92. The molecule has 0 bridgehead atoms. The van der Waals surface area contributed by atoms with E-state index in [0.717, 1.165) is 0 Å². The summed E-state index contributed by atoms with van der Waals surface area (Å²) in [7, 11) is -5.43. The summed E-state index contributed by atoms with van der Waals surface area (Å²) in [5, 5.41) is 8.25. The molecule has 0 rings (SSSR count). The Balaban J connectivity index is 6.62. The van der Waals surface area contributed by atoms with Gasteiger partial charge in [0.1, 0.15) is 0 Å². The van der Waals surface area contributed by atoms with E-state index in [1.54, 1.807) is 0 Å². The molecule has 0 radical (unpaired) electrons. The predicted octanol–water partition coefficient (Wildman–Crippen LogP) is 6.59. The maximum absolute atomic E-state index is 3.24. The molecule has 7 heteroatoms. The molecule has 22 heavy (non-hydrogen) atoms. The molecule has 0 saturated heterocycles.